The number of nitrogens with one attached hydrogen (secondary N) is 1. The van der Waals surface area contributed by atoms with E-state index in [1.165, 1.54) is 6.26 Å². The topological polar surface area (TPSA) is 86.6 Å². The maximum atomic E-state index is 11.8. The summed E-state index contributed by atoms with van der Waals surface area (Å²) in [5, 5.41) is 9.72. The predicted molar refractivity (Wildman–Crippen MR) is 81.2 cm³/mol. The molecule has 0 saturated carbocycles. The molecule has 1 N–H and O–H groups in total. The monoisotopic (exact) mass is 341 g/mol. The normalized spacial score (nSPS) is 11.9. The third-order valence-electron chi connectivity index (χ3n) is 2.67. The van der Waals surface area contributed by atoms with Gasteiger partial charge in [0.2, 0.25) is 0 Å². The zero-order chi connectivity index (χ0) is 15.6. The van der Waals surface area contributed by atoms with Crippen molar-refractivity contribution in [2.45, 2.75) is 11.4 Å². The van der Waals surface area contributed by atoms with Crippen molar-refractivity contribution >= 4 is 34.0 Å². The summed E-state index contributed by atoms with van der Waals surface area (Å²) in [7, 11) is -1.53. The van der Waals surface area contributed by atoms with Crippen LogP contribution in [0.5, 0.6) is 0 Å². The minimum Gasteiger partial charge on any atom is -0.309 e. The predicted octanol–water partition coefficient (Wildman–Crippen LogP) is 2.28. The van der Waals surface area contributed by atoms with Crippen molar-refractivity contribution in [3.05, 3.63) is 55.5 Å². The van der Waals surface area contributed by atoms with E-state index >= 15 is 0 Å². The molecule has 0 fully saturated rings. The third-order valence-corrected chi connectivity index (χ3v) is 4.25. The smallest absolute Gasteiger partial charge is 0.270 e. The quantitative estimate of drug-likeness (QED) is 0.867. The number of hydrogen-bond donors (Lipinski definition) is 1. The van der Waals surface area contributed by atoms with Crippen molar-refractivity contribution in [3.63, 3.8) is 0 Å². The molecule has 1 heterocycles. The Morgan fingerprint density at radius 3 is 2.67 bits per heavy atom. The minimum atomic E-state index is -1.53. The van der Waals surface area contributed by atoms with Gasteiger partial charge in [-0.05, 0) is 17.7 Å². The van der Waals surface area contributed by atoms with Crippen LogP contribution in [0.2, 0.25) is 10.0 Å². The molecule has 1 aromatic heterocycles. The summed E-state index contributed by atoms with van der Waals surface area (Å²) < 4.78 is 11.6. The molecule has 0 radical (unpaired) electrons. The average Bonchev–Trinajstić information content (AvgIpc) is 2.42. The molecule has 0 amide bonds. The fourth-order valence-electron chi connectivity index (χ4n) is 1.73. The standard InChI is InChI=1S/C13H9Cl2N3O2S/c1-21(20)13-8(6-16)12(19)17-11(18-13)5-7-2-3-9(14)10(15)4-7/h2-4H,5H2,1H3,(H,17,18,19). The van der Waals surface area contributed by atoms with E-state index < -0.39 is 16.4 Å². The van der Waals surface area contributed by atoms with Gasteiger partial charge in [-0.3, -0.25) is 9.00 Å². The van der Waals surface area contributed by atoms with Gasteiger partial charge in [-0.15, -0.1) is 0 Å². The molecule has 0 aliphatic carbocycles. The van der Waals surface area contributed by atoms with Gasteiger partial charge in [0.25, 0.3) is 5.56 Å². The van der Waals surface area contributed by atoms with E-state index in [0.717, 1.165) is 5.56 Å². The lowest BCUT2D eigenvalue weighted by Gasteiger charge is -2.05. The Hall–Kier alpha value is -1.68. The summed E-state index contributed by atoms with van der Waals surface area (Å²) in [6.45, 7) is 0. The molecule has 8 heteroatoms. The van der Waals surface area contributed by atoms with Gasteiger partial charge >= 0.3 is 0 Å². The van der Waals surface area contributed by atoms with Crippen molar-refractivity contribution in [2.24, 2.45) is 0 Å². The Kier molecular flexibility index (Phi) is 4.78. The summed E-state index contributed by atoms with van der Waals surface area (Å²) in [5.41, 5.74) is -0.0495. The number of aromatic nitrogens is 2. The van der Waals surface area contributed by atoms with Gasteiger partial charge < -0.3 is 4.98 Å². The van der Waals surface area contributed by atoms with Crippen LogP contribution < -0.4 is 5.56 Å². The maximum absolute atomic E-state index is 11.8. The first kappa shape index (κ1) is 15.7. The Morgan fingerprint density at radius 1 is 1.38 bits per heavy atom. The van der Waals surface area contributed by atoms with Crippen LogP contribution in [0.4, 0.5) is 0 Å². The second-order valence-electron chi connectivity index (χ2n) is 4.18. The number of aromatic amines is 1. The van der Waals surface area contributed by atoms with Crippen LogP contribution >= 0.6 is 23.2 Å². The third kappa shape index (κ3) is 3.50. The Morgan fingerprint density at radius 2 is 2.10 bits per heavy atom. The van der Waals surface area contributed by atoms with Crippen LogP contribution in [0.15, 0.2) is 28.0 Å². The highest BCUT2D eigenvalue weighted by molar-refractivity contribution is 7.84. The summed E-state index contributed by atoms with van der Waals surface area (Å²) >= 11 is 11.8. The minimum absolute atomic E-state index is 0.0173. The molecule has 108 valence electrons. The number of hydrogen-bond acceptors (Lipinski definition) is 4. The summed E-state index contributed by atoms with van der Waals surface area (Å²) in [6, 6.07) is 6.76. The first-order valence-corrected chi connectivity index (χ1v) is 8.04. The first-order chi connectivity index (χ1) is 9.92. The van der Waals surface area contributed by atoms with E-state index in [0.29, 0.717) is 15.9 Å². The van der Waals surface area contributed by atoms with Gasteiger partial charge in [-0.2, -0.15) is 5.26 Å². The van der Waals surface area contributed by atoms with Crippen LogP contribution in [0.1, 0.15) is 17.0 Å². The molecule has 1 aromatic carbocycles. The van der Waals surface area contributed by atoms with Crippen molar-refractivity contribution < 1.29 is 4.21 Å². The molecule has 0 spiro atoms. The van der Waals surface area contributed by atoms with Gasteiger partial charge in [0, 0.05) is 12.7 Å². The van der Waals surface area contributed by atoms with E-state index in [2.05, 4.69) is 9.97 Å². The number of benzene rings is 1. The highest BCUT2D eigenvalue weighted by Gasteiger charge is 2.14. The molecule has 0 saturated heterocycles. The Balaban J connectivity index is 2.46. The molecule has 5 nitrogen and oxygen atoms in total. The van der Waals surface area contributed by atoms with Crippen molar-refractivity contribution in [1.82, 2.24) is 9.97 Å². The van der Waals surface area contributed by atoms with Crippen LogP contribution in [0.3, 0.4) is 0 Å². The second kappa shape index (κ2) is 6.39. The van der Waals surface area contributed by atoms with Crippen LogP contribution in [0.25, 0.3) is 0 Å². The van der Waals surface area contributed by atoms with Crippen LogP contribution in [-0.4, -0.2) is 20.4 Å². The molecule has 2 rings (SSSR count). The zero-order valence-electron chi connectivity index (χ0n) is 10.8. The summed E-state index contributed by atoms with van der Waals surface area (Å²) in [6.07, 6.45) is 1.65. The lowest BCUT2D eigenvalue weighted by Crippen LogP contribution is -2.19. The van der Waals surface area contributed by atoms with E-state index in [1.807, 2.05) is 0 Å². The Bertz CT molecular complexity index is 827. The van der Waals surface area contributed by atoms with E-state index in [-0.39, 0.29) is 17.0 Å². The maximum Gasteiger partial charge on any atom is 0.270 e. The van der Waals surface area contributed by atoms with Crippen molar-refractivity contribution in [1.29, 1.82) is 5.26 Å². The lowest BCUT2D eigenvalue weighted by molar-refractivity contribution is 0.681. The van der Waals surface area contributed by atoms with Gasteiger partial charge in [-0.25, -0.2) is 4.98 Å². The van der Waals surface area contributed by atoms with Gasteiger partial charge in [0.1, 0.15) is 11.9 Å². The van der Waals surface area contributed by atoms with Gasteiger partial charge in [-0.1, -0.05) is 29.3 Å². The van der Waals surface area contributed by atoms with E-state index in [9.17, 15) is 9.00 Å². The number of H-pyrrole nitrogens is 1. The first-order valence-electron chi connectivity index (χ1n) is 5.73. The van der Waals surface area contributed by atoms with Crippen molar-refractivity contribution in [3.8, 4) is 6.07 Å². The van der Waals surface area contributed by atoms with E-state index in [4.69, 9.17) is 28.5 Å². The molecule has 1 unspecified atom stereocenters. The molecule has 21 heavy (non-hydrogen) atoms. The molecular formula is C13H9Cl2N3O2S. The van der Waals surface area contributed by atoms with Gasteiger partial charge in [0.05, 0.1) is 20.8 Å². The zero-order valence-corrected chi connectivity index (χ0v) is 13.1. The van der Waals surface area contributed by atoms with Crippen LogP contribution in [0, 0.1) is 11.3 Å². The number of nitrogens with zero attached hydrogens (tertiary/aromatic N) is 2. The number of nitriles is 1. The fraction of sp³-hybridized carbons (Fsp3) is 0.154. The van der Waals surface area contributed by atoms with Gasteiger partial charge in [0.15, 0.2) is 10.6 Å². The second-order valence-corrected chi connectivity index (χ2v) is 6.29. The molecule has 2 aromatic rings. The molecule has 1 atom stereocenters. The fourth-order valence-corrected chi connectivity index (χ4v) is 2.72. The van der Waals surface area contributed by atoms with E-state index in [1.54, 1.807) is 24.3 Å². The molecule has 0 bridgehead atoms. The lowest BCUT2D eigenvalue weighted by atomic mass is 10.1. The number of rotatable bonds is 3. The SMILES string of the molecule is CS(=O)c1nc(Cc2ccc(Cl)c(Cl)c2)[nH]c(=O)c1C#N. The summed E-state index contributed by atoms with van der Waals surface area (Å²) in [5.74, 6) is 0.308. The van der Waals surface area contributed by atoms with Crippen molar-refractivity contribution in [2.75, 3.05) is 6.26 Å². The average molecular weight is 342 g/mol. The largest absolute Gasteiger partial charge is 0.309 e. The Labute approximate surface area is 133 Å². The molecular weight excluding hydrogens is 333 g/mol. The highest BCUT2D eigenvalue weighted by atomic mass is 35.5. The number of halogens is 2. The highest BCUT2D eigenvalue weighted by Crippen LogP contribution is 2.23. The molecule has 0 aliphatic heterocycles. The molecule has 0 aliphatic rings. The van der Waals surface area contributed by atoms with Crippen LogP contribution in [-0.2, 0) is 17.2 Å². The summed E-state index contributed by atoms with van der Waals surface area (Å²) in [4.78, 5) is 18.4.